The van der Waals surface area contributed by atoms with E-state index >= 15 is 0 Å². The van der Waals surface area contributed by atoms with Gasteiger partial charge in [0.2, 0.25) is 0 Å². The minimum Gasteiger partial charge on any atom is -0.328 e. The highest BCUT2D eigenvalue weighted by atomic mass is 15.1. The summed E-state index contributed by atoms with van der Waals surface area (Å²) in [6.07, 6.45) is 5.15. The van der Waals surface area contributed by atoms with Crippen molar-refractivity contribution in [1.82, 2.24) is 9.47 Å². The molecule has 13 heavy (non-hydrogen) atoms. The van der Waals surface area contributed by atoms with Crippen LogP contribution in [-0.2, 0) is 13.0 Å². The zero-order chi connectivity index (χ0) is 9.26. The molecule has 70 valence electrons. The van der Waals surface area contributed by atoms with Gasteiger partial charge in [-0.1, -0.05) is 13.5 Å². The largest absolute Gasteiger partial charge is 0.328 e. The van der Waals surface area contributed by atoms with E-state index in [1.807, 2.05) is 6.20 Å². The van der Waals surface area contributed by atoms with Crippen molar-refractivity contribution >= 4 is 6.20 Å². The molecule has 0 atom stereocenters. The maximum absolute atomic E-state index is 3.80. The molecular weight excluding hydrogens is 160 g/mol. The molecule has 1 aliphatic heterocycles. The molecule has 1 aliphatic rings. The Morgan fingerprint density at radius 2 is 2.46 bits per heavy atom. The summed E-state index contributed by atoms with van der Waals surface area (Å²) in [5.41, 5.74) is 2.91. The summed E-state index contributed by atoms with van der Waals surface area (Å²) < 4.78 is 2.14. The van der Waals surface area contributed by atoms with Gasteiger partial charge in [-0.2, -0.15) is 0 Å². The first-order valence-electron chi connectivity index (χ1n) is 4.88. The number of hydrogen-bond donors (Lipinski definition) is 0. The van der Waals surface area contributed by atoms with Gasteiger partial charge < -0.3 is 4.57 Å². The van der Waals surface area contributed by atoms with E-state index < -0.39 is 0 Å². The lowest BCUT2D eigenvalue weighted by molar-refractivity contribution is 0.266. The standard InChI is InChI=1S/C11H16N2/c1-3-12-7-6-11-10(9-12)5-8-13(11)4-2/h4-5,8H,2-3,6-7,9H2,1H3. The van der Waals surface area contributed by atoms with Crippen molar-refractivity contribution < 1.29 is 0 Å². The summed E-state index contributed by atoms with van der Waals surface area (Å²) in [5.74, 6) is 0. The molecule has 0 aromatic carbocycles. The van der Waals surface area contributed by atoms with Gasteiger partial charge in [0, 0.05) is 37.6 Å². The van der Waals surface area contributed by atoms with E-state index in [9.17, 15) is 0 Å². The Bertz CT molecular complexity index is 312. The van der Waals surface area contributed by atoms with Gasteiger partial charge in [0.25, 0.3) is 0 Å². The molecule has 0 saturated heterocycles. The average molecular weight is 176 g/mol. The van der Waals surface area contributed by atoms with Crippen molar-refractivity contribution in [2.45, 2.75) is 19.9 Å². The Balaban J connectivity index is 2.27. The van der Waals surface area contributed by atoms with Crippen LogP contribution >= 0.6 is 0 Å². The summed E-state index contributed by atoms with van der Waals surface area (Å²) in [4.78, 5) is 2.47. The molecule has 0 unspecified atom stereocenters. The Kier molecular flexibility index (Phi) is 2.23. The molecule has 2 heterocycles. The SMILES string of the molecule is C=Cn1ccc2c1CCN(CC)C2. The first kappa shape index (κ1) is 8.57. The van der Waals surface area contributed by atoms with Crippen LogP contribution in [0.2, 0.25) is 0 Å². The minimum absolute atomic E-state index is 1.10. The predicted octanol–water partition coefficient (Wildman–Crippen LogP) is 1.97. The monoisotopic (exact) mass is 176 g/mol. The van der Waals surface area contributed by atoms with Crippen molar-refractivity contribution in [1.29, 1.82) is 0 Å². The molecule has 1 aromatic heterocycles. The predicted molar refractivity (Wildman–Crippen MR) is 55.5 cm³/mol. The molecule has 0 aliphatic carbocycles. The van der Waals surface area contributed by atoms with Gasteiger partial charge in [0.1, 0.15) is 0 Å². The summed E-state index contributed by atoms with van der Waals surface area (Å²) >= 11 is 0. The van der Waals surface area contributed by atoms with E-state index in [2.05, 4.69) is 35.2 Å². The van der Waals surface area contributed by atoms with Crippen LogP contribution in [0.4, 0.5) is 0 Å². The number of likely N-dealkylation sites (N-methyl/N-ethyl adjacent to an activating group) is 1. The van der Waals surface area contributed by atoms with E-state index in [4.69, 9.17) is 0 Å². The molecule has 2 heteroatoms. The van der Waals surface area contributed by atoms with Crippen molar-refractivity contribution in [3.8, 4) is 0 Å². The average Bonchev–Trinajstić information content (AvgIpc) is 2.59. The molecule has 0 bridgehead atoms. The van der Waals surface area contributed by atoms with Gasteiger partial charge in [-0.25, -0.2) is 0 Å². The lowest BCUT2D eigenvalue weighted by Gasteiger charge is -2.26. The van der Waals surface area contributed by atoms with E-state index in [1.54, 1.807) is 0 Å². The van der Waals surface area contributed by atoms with Crippen LogP contribution in [0.15, 0.2) is 18.8 Å². The number of fused-ring (bicyclic) bond motifs is 1. The fraction of sp³-hybridized carbons (Fsp3) is 0.455. The lowest BCUT2D eigenvalue weighted by atomic mass is 10.1. The van der Waals surface area contributed by atoms with Crippen LogP contribution in [-0.4, -0.2) is 22.6 Å². The van der Waals surface area contributed by atoms with E-state index in [-0.39, 0.29) is 0 Å². The third kappa shape index (κ3) is 1.42. The summed E-state index contributed by atoms with van der Waals surface area (Å²) in [5, 5.41) is 0. The van der Waals surface area contributed by atoms with Crippen LogP contribution in [0.25, 0.3) is 6.20 Å². The van der Waals surface area contributed by atoms with Gasteiger partial charge in [-0.05, 0) is 18.2 Å². The molecule has 1 aromatic rings. The third-order valence-electron chi connectivity index (χ3n) is 2.82. The van der Waals surface area contributed by atoms with Crippen LogP contribution < -0.4 is 0 Å². The van der Waals surface area contributed by atoms with Crippen LogP contribution in [0, 0.1) is 0 Å². The Hall–Kier alpha value is -1.02. The molecule has 0 radical (unpaired) electrons. The molecule has 0 spiro atoms. The molecule has 2 rings (SSSR count). The quantitative estimate of drug-likeness (QED) is 0.669. The van der Waals surface area contributed by atoms with Gasteiger partial charge in [-0.3, -0.25) is 4.90 Å². The first-order valence-corrected chi connectivity index (χ1v) is 4.88. The second-order valence-electron chi connectivity index (χ2n) is 3.50. The zero-order valence-electron chi connectivity index (χ0n) is 8.16. The lowest BCUT2D eigenvalue weighted by Crippen LogP contribution is -2.30. The number of aromatic nitrogens is 1. The number of nitrogens with zero attached hydrogens (tertiary/aromatic N) is 2. The fourth-order valence-electron chi connectivity index (χ4n) is 1.98. The Morgan fingerprint density at radius 1 is 1.62 bits per heavy atom. The second kappa shape index (κ2) is 3.38. The molecule has 0 amide bonds. The third-order valence-corrected chi connectivity index (χ3v) is 2.82. The van der Waals surface area contributed by atoms with E-state index in [0.717, 1.165) is 19.5 Å². The normalized spacial score (nSPS) is 17.0. The number of rotatable bonds is 2. The first-order chi connectivity index (χ1) is 6.35. The van der Waals surface area contributed by atoms with Crippen molar-refractivity contribution in [3.63, 3.8) is 0 Å². The Labute approximate surface area is 79.5 Å². The molecule has 0 fully saturated rings. The highest BCUT2D eigenvalue weighted by molar-refractivity contribution is 5.33. The molecule has 2 nitrogen and oxygen atoms in total. The maximum atomic E-state index is 3.80. The van der Waals surface area contributed by atoms with Gasteiger partial charge >= 0.3 is 0 Å². The minimum atomic E-state index is 1.10. The van der Waals surface area contributed by atoms with Crippen molar-refractivity contribution in [3.05, 3.63) is 30.1 Å². The van der Waals surface area contributed by atoms with E-state index in [1.165, 1.54) is 17.8 Å². The smallest absolute Gasteiger partial charge is 0.0278 e. The van der Waals surface area contributed by atoms with Crippen LogP contribution in [0.1, 0.15) is 18.2 Å². The van der Waals surface area contributed by atoms with Crippen molar-refractivity contribution in [2.24, 2.45) is 0 Å². The summed E-state index contributed by atoms with van der Waals surface area (Å²) in [6.45, 7) is 9.45. The molecular formula is C11H16N2. The summed E-state index contributed by atoms with van der Waals surface area (Å²) in [7, 11) is 0. The maximum Gasteiger partial charge on any atom is 0.0278 e. The van der Waals surface area contributed by atoms with Crippen LogP contribution in [0.5, 0.6) is 0 Å². The van der Waals surface area contributed by atoms with Crippen LogP contribution in [0.3, 0.4) is 0 Å². The molecule has 0 saturated carbocycles. The van der Waals surface area contributed by atoms with Gasteiger partial charge in [0.05, 0.1) is 0 Å². The fourth-order valence-corrected chi connectivity index (χ4v) is 1.98. The Morgan fingerprint density at radius 3 is 3.15 bits per heavy atom. The molecule has 0 N–H and O–H groups in total. The van der Waals surface area contributed by atoms with Crippen molar-refractivity contribution in [2.75, 3.05) is 13.1 Å². The van der Waals surface area contributed by atoms with E-state index in [0.29, 0.717) is 0 Å². The zero-order valence-corrected chi connectivity index (χ0v) is 8.16. The highest BCUT2D eigenvalue weighted by Gasteiger charge is 2.16. The topological polar surface area (TPSA) is 8.17 Å². The highest BCUT2D eigenvalue weighted by Crippen LogP contribution is 2.19. The second-order valence-corrected chi connectivity index (χ2v) is 3.50. The van der Waals surface area contributed by atoms with Gasteiger partial charge in [0.15, 0.2) is 0 Å². The number of hydrogen-bond acceptors (Lipinski definition) is 1. The summed E-state index contributed by atoms with van der Waals surface area (Å²) in [6, 6.07) is 2.21. The van der Waals surface area contributed by atoms with Gasteiger partial charge in [-0.15, -0.1) is 0 Å².